The molecule has 6 heteroatoms. The third kappa shape index (κ3) is 3.46. The molecule has 6 nitrogen and oxygen atoms in total. The topological polar surface area (TPSA) is 105 Å². The van der Waals surface area contributed by atoms with Crippen molar-refractivity contribution >= 4 is 17.6 Å². The molecule has 0 aromatic carbocycles. The number of aliphatic carboxylic acids is 1. The molecule has 1 saturated carbocycles. The standard InChI is InChI=1S/C14H19N3O3/c15-10-5-6-12(16-8-10)13(18)17-7-9-3-1-2-4-11(9)14(19)20/h5-6,8-9,11H,1-4,7,15H2,(H,17,18)(H,19,20). The van der Waals surface area contributed by atoms with Crippen molar-refractivity contribution in [2.45, 2.75) is 25.7 Å². The van der Waals surface area contributed by atoms with Gasteiger partial charge in [0.05, 0.1) is 17.8 Å². The van der Waals surface area contributed by atoms with Crippen LogP contribution in [0, 0.1) is 11.8 Å². The Balaban J connectivity index is 1.91. The number of hydrogen-bond acceptors (Lipinski definition) is 4. The monoisotopic (exact) mass is 277 g/mol. The molecule has 1 aliphatic rings. The highest BCUT2D eigenvalue weighted by Gasteiger charge is 2.30. The number of pyridine rings is 1. The number of carbonyl (C=O) groups is 2. The first-order chi connectivity index (χ1) is 9.58. The van der Waals surface area contributed by atoms with Crippen molar-refractivity contribution in [3.8, 4) is 0 Å². The molecule has 2 unspecified atom stereocenters. The molecule has 20 heavy (non-hydrogen) atoms. The molecule has 108 valence electrons. The molecule has 1 fully saturated rings. The van der Waals surface area contributed by atoms with Gasteiger partial charge in [0.25, 0.3) is 5.91 Å². The highest BCUT2D eigenvalue weighted by atomic mass is 16.4. The molecule has 1 aliphatic carbocycles. The fourth-order valence-electron chi connectivity index (χ4n) is 2.63. The van der Waals surface area contributed by atoms with E-state index >= 15 is 0 Å². The van der Waals surface area contributed by atoms with Gasteiger partial charge in [-0.25, -0.2) is 4.98 Å². The Morgan fingerprint density at radius 1 is 1.35 bits per heavy atom. The number of nitrogens with two attached hydrogens (primary N) is 1. The van der Waals surface area contributed by atoms with Crippen molar-refractivity contribution in [3.63, 3.8) is 0 Å². The van der Waals surface area contributed by atoms with E-state index in [0.29, 0.717) is 24.3 Å². The maximum absolute atomic E-state index is 11.9. The number of anilines is 1. The minimum absolute atomic E-state index is 0.000943. The molecule has 1 amide bonds. The van der Waals surface area contributed by atoms with E-state index in [0.717, 1.165) is 19.3 Å². The molecule has 2 atom stereocenters. The maximum Gasteiger partial charge on any atom is 0.306 e. The van der Waals surface area contributed by atoms with E-state index in [4.69, 9.17) is 5.73 Å². The van der Waals surface area contributed by atoms with Crippen LogP contribution in [0.1, 0.15) is 36.2 Å². The van der Waals surface area contributed by atoms with Crippen LogP contribution in [-0.4, -0.2) is 28.5 Å². The zero-order valence-electron chi connectivity index (χ0n) is 11.2. The number of carboxylic acids is 1. The van der Waals surface area contributed by atoms with Crippen LogP contribution in [0.5, 0.6) is 0 Å². The number of amides is 1. The third-order valence-electron chi connectivity index (χ3n) is 3.77. The smallest absolute Gasteiger partial charge is 0.306 e. The summed E-state index contributed by atoms with van der Waals surface area (Å²) in [6.45, 7) is 0.377. The van der Waals surface area contributed by atoms with Crippen molar-refractivity contribution in [1.29, 1.82) is 0 Å². The van der Waals surface area contributed by atoms with E-state index in [1.165, 1.54) is 6.20 Å². The van der Waals surface area contributed by atoms with E-state index in [1.807, 2.05) is 0 Å². The van der Waals surface area contributed by atoms with Crippen molar-refractivity contribution in [2.75, 3.05) is 12.3 Å². The highest BCUT2D eigenvalue weighted by Crippen LogP contribution is 2.29. The van der Waals surface area contributed by atoms with Crippen LogP contribution >= 0.6 is 0 Å². The Kier molecular flexibility index (Phi) is 4.55. The number of carboxylic acid groups (broad SMARTS) is 1. The Morgan fingerprint density at radius 3 is 2.75 bits per heavy atom. The summed E-state index contributed by atoms with van der Waals surface area (Å²) < 4.78 is 0. The van der Waals surface area contributed by atoms with E-state index < -0.39 is 5.97 Å². The Bertz CT molecular complexity index is 487. The van der Waals surface area contributed by atoms with Gasteiger partial charge in [-0.1, -0.05) is 12.8 Å². The number of aromatic nitrogens is 1. The number of rotatable bonds is 4. The first-order valence-electron chi connectivity index (χ1n) is 6.80. The van der Waals surface area contributed by atoms with Crippen LogP contribution in [0.3, 0.4) is 0 Å². The van der Waals surface area contributed by atoms with Gasteiger partial charge in [-0.05, 0) is 30.9 Å². The Hall–Kier alpha value is -2.11. The number of hydrogen-bond donors (Lipinski definition) is 3. The summed E-state index contributed by atoms with van der Waals surface area (Å²) >= 11 is 0. The second kappa shape index (κ2) is 6.36. The first-order valence-corrected chi connectivity index (χ1v) is 6.80. The molecule has 2 rings (SSSR count). The summed E-state index contributed by atoms with van der Waals surface area (Å²) in [7, 11) is 0. The summed E-state index contributed by atoms with van der Waals surface area (Å²) in [5, 5.41) is 11.9. The van der Waals surface area contributed by atoms with Gasteiger partial charge >= 0.3 is 5.97 Å². The lowest BCUT2D eigenvalue weighted by atomic mass is 9.79. The molecule has 0 spiro atoms. The quantitative estimate of drug-likeness (QED) is 0.769. The summed E-state index contributed by atoms with van der Waals surface area (Å²) in [5.74, 6) is -1.42. The van der Waals surface area contributed by atoms with Gasteiger partial charge < -0.3 is 16.2 Å². The van der Waals surface area contributed by atoms with Crippen LogP contribution in [0.15, 0.2) is 18.3 Å². The number of nitrogens with zero attached hydrogens (tertiary/aromatic N) is 1. The van der Waals surface area contributed by atoms with Gasteiger partial charge in [0.2, 0.25) is 0 Å². The SMILES string of the molecule is Nc1ccc(C(=O)NCC2CCCCC2C(=O)O)nc1. The summed E-state index contributed by atoms with van der Waals surface area (Å²) in [4.78, 5) is 27.0. The minimum atomic E-state index is -0.769. The maximum atomic E-state index is 11.9. The molecule has 1 aromatic rings. The molecule has 0 bridgehead atoms. The van der Waals surface area contributed by atoms with Crippen molar-refractivity contribution in [1.82, 2.24) is 10.3 Å². The van der Waals surface area contributed by atoms with Gasteiger partial charge in [-0.15, -0.1) is 0 Å². The van der Waals surface area contributed by atoms with E-state index in [9.17, 15) is 14.7 Å². The fourth-order valence-corrected chi connectivity index (χ4v) is 2.63. The number of nitrogen functional groups attached to an aromatic ring is 1. The predicted octanol–water partition coefficient (Wildman–Crippen LogP) is 1.28. The molecule has 0 aliphatic heterocycles. The zero-order chi connectivity index (χ0) is 14.5. The molecular formula is C14H19N3O3. The molecule has 0 saturated heterocycles. The van der Waals surface area contributed by atoms with E-state index in [1.54, 1.807) is 12.1 Å². The van der Waals surface area contributed by atoms with E-state index in [-0.39, 0.29) is 17.7 Å². The zero-order valence-corrected chi connectivity index (χ0v) is 11.2. The molecular weight excluding hydrogens is 258 g/mol. The predicted molar refractivity (Wildman–Crippen MR) is 74.1 cm³/mol. The molecule has 4 N–H and O–H groups in total. The second-order valence-electron chi connectivity index (χ2n) is 5.18. The molecule has 1 aromatic heterocycles. The Labute approximate surface area is 117 Å². The van der Waals surface area contributed by atoms with Gasteiger partial charge in [0, 0.05) is 6.54 Å². The average Bonchev–Trinajstić information content (AvgIpc) is 2.45. The van der Waals surface area contributed by atoms with Crippen LogP contribution in [0.2, 0.25) is 0 Å². The van der Waals surface area contributed by atoms with Gasteiger partial charge in [0.1, 0.15) is 5.69 Å². The second-order valence-corrected chi connectivity index (χ2v) is 5.18. The normalized spacial score (nSPS) is 22.2. The Morgan fingerprint density at radius 2 is 2.10 bits per heavy atom. The van der Waals surface area contributed by atoms with Gasteiger partial charge in [-0.2, -0.15) is 0 Å². The van der Waals surface area contributed by atoms with Crippen LogP contribution < -0.4 is 11.1 Å². The third-order valence-corrected chi connectivity index (χ3v) is 3.77. The lowest BCUT2D eigenvalue weighted by Crippen LogP contribution is -2.37. The molecule has 0 radical (unpaired) electrons. The molecule has 1 heterocycles. The summed E-state index contributed by atoms with van der Waals surface area (Å²) in [6.07, 6.45) is 4.92. The number of carbonyl (C=O) groups excluding carboxylic acids is 1. The summed E-state index contributed by atoms with van der Waals surface area (Å²) in [5.41, 5.74) is 6.30. The van der Waals surface area contributed by atoms with Gasteiger partial charge in [-0.3, -0.25) is 9.59 Å². The fraction of sp³-hybridized carbons (Fsp3) is 0.500. The van der Waals surface area contributed by atoms with Crippen LogP contribution in [0.25, 0.3) is 0 Å². The lowest BCUT2D eigenvalue weighted by Gasteiger charge is -2.28. The van der Waals surface area contributed by atoms with Gasteiger partial charge in [0.15, 0.2) is 0 Å². The van der Waals surface area contributed by atoms with Crippen LogP contribution in [0.4, 0.5) is 5.69 Å². The lowest BCUT2D eigenvalue weighted by molar-refractivity contribution is -0.144. The summed E-state index contributed by atoms with van der Waals surface area (Å²) in [6, 6.07) is 3.17. The average molecular weight is 277 g/mol. The van der Waals surface area contributed by atoms with E-state index in [2.05, 4.69) is 10.3 Å². The van der Waals surface area contributed by atoms with Crippen molar-refractivity contribution < 1.29 is 14.7 Å². The highest BCUT2D eigenvalue weighted by molar-refractivity contribution is 5.92. The first kappa shape index (κ1) is 14.3. The number of nitrogens with one attached hydrogen (secondary N) is 1. The minimum Gasteiger partial charge on any atom is -0.481 e. The van der Waals surface area contributed by atoms with Crippen molar-refractivity contribution in [2.24, 2.45) is 11.8 Å². The largest absolute Gasteiger partial charge is 0.481 e. The van der Waals surface area contributed by atoms with Crippen LogP contribution in [-0.2, 0) is 4.79 Å². The van der Waals surface area contributed by atoms with Crippen molar-refractivity contribution in [3.05, 3.63) is 24.0 Å².